The third kappa shape index (κ3) is 2.31. The summed E-state index contributed by atoms with van der Waals surface area (Å²) in [5.74, 6) is 0. The summed E-state index contributed by atoms with van der Waals surface area (Å²) in [6, 6.07) is 1.83. The monoisotopic (exact) mass is 172 g/mol. The fraction of sp³-hybridized carbons (Fsp3) is 0. The smallest absolute Gasteiger partial charge is 0.285 e. The van der Waals surface area contributed by atoms with Crippen molar-refractivity contribution in [1.29, 1.82) is 0 Å². The highest BCUT2D eigenvalue weighted by atomic mass is 79.9. The Morgan fingerprint density at radius 3 is 2.57 bits per heavy atom. The van der Waals surface area contributed by atoms with E-state index in [1.807, 2.05) is 6.07 Å². The fourth-order valence-electron chi connectivity index (χ4n) is 0.242. The highest BCUT2D eigenvalue weighted by molar-refractivity contribution is 9.10. The minimum absolute atomic E-state index is 0. The molecule has 0 saturated heterocycles. The molecule has 0 aromatic carbocycles. The minimum atomic E-state index is 0. The van der Waals surface area contributed by atoms with Gasteiger partial charge in [0.25, 0.3) is 0 Å². The van der Waals surface area contributed by atoms with Crippen molar-refractivity contribution in [2.75, 3.05) is 0 Å². The molecular formula is C3H5BrMgN2. The topological polar surface area (TPSA) is 28.7 Å². The predicted octanol–water partition coefficient (Wildman–Crippen LogP) is 0.256. The molecule has 0 atom stereocenters. The van der Waals surface area contributed by atoms with Crippen LogP contribution in [0.2, 0.25) is 0 Å². The molecule has 0 amide bonds. The molecule has 4 heteroatoms. The molecule has 0 saturated carbocycles. The number of aromatic amines is 1. The Labute approximate surface area is 66.0 Å². The zero-order valence-corrected chi connectivity index (χ0v) is 4.57. The van der Waals surface area contributed by atoms with E-state index < -0.39 is 0 Å². The van der Waals surface area contributed by atoms with Crippen LogP contribution in [-0.2, 0) is 0 Å². The Balaban J connectivity index is 0.000000360. The van der Waals surface area contributed by atoms with Gasteiger partial charge in [-0.05, 0) is 22.0 Å². The Bertz CT molecular complexity index is 116. The number of aromatic nitrogens is 2. The summed E-state index contributed by atoms with van der Waals surface area (Å²) in [6.45, 7) is 0. The van der Waals surface area contributed by atoms with Crippen LogP contribution in [0.4, 0.5) is 0 Å². The average molecular weight is 173 g/mol. The molecule has 0 aliphatic rings. The van der Waals surface area contributed by atoms with Gasteiger partial charge in [0.15, 0.2) is 0 Å². The summed E-state index contributed by atoms with van der Waals surface area (Å²) < 4.78 is 0.850. The maximum atomic E-state index is 3.71. The van der Waals surface area contributed by atoms with E-state index in [-0.39, 0.29) is 23.1 Å². The molecule has 1 rings (SSSR count). The summed E-state index contributed by atoms with van der Waals surface area (Å²) in [5.41, 5.74) is 0. The number of nitrogens with zero attached hydrogens (tertiary/aromatic N) is 1. The summed E-state index contributed by atoms with van der Waals surface area (Å²) >= 11 is 3.14. The van der Waals surface area contributed by atoms with Crippen molar-refractivity contribution in [3.8, 4) is 0 Å². The molecule has 0 unspecified atom stereocenters. The van der Waals surface area contributed by atoms with Gasteiger partial charge in [0.1, 0.15) is 4.60 Å². The molecule has 0 fully saturated rings. The van der Waals surface area contributed by atoms with Gasteiger partial charge in [-0.2, -0.15) is 5.10 Å². The highest BCUT2D eigenvalue weighted by Crippen LogP contribution is 1.98. The summed E-state index contributed by atoms with van der Waals surface area (Å²) in [7, 11) is 0. The van der Waals surface area contributed by atoms with Crippen molar-refractivity contribution in [2.45, 2.75) is 0 Å². The van der Waals surface area contributed by atoms with E-state index in [1.54, 1.807) is 6.20 Å². The first-order chi connectivity index (χ1) is 2.89. The molecule has 36 valence electrons. The standard InChI is InChI=1S/C3H3BrN2.Mg.2H/c4-3-1-2-5-6-3;;;/h1-2H,(H,5,6);;;. The van der Waals surface area contributed by atoms with Gasteiger partial charge in [-0.15, -0.1) is 0 Å². The lowest BCUT2D eigenvalue weighted by atomic mass is 10.8. The summed E-state index contributed by atoms with van der Waals surface area (Å²) in [6.07, 6.45) is 1.75. The maximum absolute atomic E-state index is 3.71. The molecule has 1 heterocycles. The van der Waals surface area contributed by atoms with Crippen molar-refractivity contribution in [1.82, 2.24) is 10.2 Å². The van der Waals surface area contributed by atoms with Crippen molar-refractivity contribution in [3.05, 3.63) is 16.9 Å². The van der Waals surface area contributed by atoms with E-state index in [1.165, 1.54) is 0 Å². The molecule has 1 aromatic rings. The van der Waals surface area contributed by atoms with Crippen LogP contribution in [0.15, 0.2) is 16.9 Å². The third-order valence-electron chi connectivity index (χ3n) is 0.467. The van der Waals surface area contributed by atoms with E-state index in [2.05, 4.69) is 26.1 Å². The number of hydrogen-bond donors (Lipinski definition) is 1. The molecule has 1 N–H and O–H groups in total. The van der Waals surface area contributed by atoms with Gasteiger partial charge in [0, 0.05) is 6.20 Å². The lowest BCUT2D eigenvalue weighted by Gasteiger charge is -1.62. The second-order valence-electron chi connectivity index (χ2n) is 0.897. The number of H-pyrrole nitrogens is 1. The molecular weight excluding hydrogens is 168 g/mol. The first kappa shape index (κ1) is 7.46. The van der Waals surface area contributed by atoms with Crippen LogP contribution in [0.1, 0.15) is 0 Å². The average Bonchev–Trinajstić information content (AvgIpc) is 1.86. The number of nitrogens with one attached hydrogen (secondary N) is 1. The van der Waals surface area contributed by atoms with Crippen LogP contribution < -0.4 is 0 Å². The van der Waals surface area contributed by atoms with Crippen LogP contribution in [0, 0.1) is 0 Å². The first-order valence-electron chi connectivity index (χ1n) is 1.55. The number of halogens is 1. The number of rotatable bonds is 0. The zero-order chi connectivity index (χ0) is 4.41. The quantitative estimate of drug-likeness (QED) is 0.560. The van der Waals surface area contributed by atoms with E-state index in [0.29, 0.717) is 0 Å². The maximum Gasteiger partial charge on any atom is 0.316 e. The Morgan fingerprint density at radius 1 is 1.71 bits per heavy atom. The lowest BCUT2D eigenvalue weighted by molar-refractivity contribution is 1.07. The highest BCUT2D eigenvalue weighted by Gasteiger charge is 1.77. The van der Waals surface area contributed by atoms with Crippen molar-refractivity contribution in [3.63, 3.8) is 0 Å². The SMILES string of the molecule is Brc1cc[nH]n1.[MgH2]. The second kappa shape index (κ2) is 3.46. The number of hydrogen-bond acceptors (Lipinski definition) is 1. The van der Waals surface area contributed by atoms with Gasteiger partial charge in [-0.3, -0.25) is 5.10 Å². The zero-order valence-electron chi connectivity index (χ0n) is 2.98. The molecule has 1 aromatic heterocycles. The van der Waals surface area contributed by atoms with Crippen LogP contribution >= 0.6 is 15.9 Å². The molecule has 2 nitrogen and oxygen atoms in total. The van der Waals surface area contributed by atoms with Gasteiger partial charge < -0.3 is 0 Å². The third-order valence-corrected chi connectivity index (χ3v) is 0.908. The Morgan fingerprint density at radius 2 is 2.43 bits per heavy atom. The predicted molar refractivity (Wildman–Crippen MR) is 34.8 cm³/mol. The Hall–Kier alpha value is 0.456. The second-order valence-corrected chi connectivity index (χ2v) is 1.71. The van der Waals surface area contributed by atoms with Gasteiger partial charge in [-0.25, -0.2) is 0 Å². The van der Waals surface area contributed by atoms with Crippen LogP contribution in [0.25, 0.3) is 0 Å². The first-order valence-corrected chi connectivity index (χ1v) is 2.34. The minimum Gasteiger partial charge on any atom is -0.285 e. The fourth-order valence-corrected chi connectivity index (χ4v) is 0.477. The van der Waals surface area contributed by atoms with Crippen molar-refractivity contribution < 1.29 is 0 Å². The molecule has 0 radical (unpaired) electrons. The van der Waals surface area contributed by atoms with Gasteiger partial charge in [0.2, 0.25) is 0 Å². The lowest BCUT2D eigenvalue weighted by Crippen LogP contribution is -1.59. The van der Waals surface area contributed by atoms with Crippen LogP contribution in [-0.4, -0.2) is 33.3 Å². The van der Waals surface area contributed by atoms with Crippen LogP contribution in [0.5, 0.6) is 0 Å². The molecule has 0 aliphatic heterocycles. The van der Waals surface area contributed by atoms with E-state index in [9.17, 15) is 0 Å². The molecule has 0 bridgehead atoms. The Kier molecular flexibility index (Phi) is 3.68. The molecule has 0 spiro atoms. The van der Waals surface area contributed by atoms with Gasteiger partial charge in [-0.1, -0.05) is 0 Å². The largest absolute Gasteiger partial charge is 0.316 e. The van der Waals surface area contributed by atoms with E-state index in [0.717, 1.165) is 4.60 Å². The van der Waals surface area contributed by atoms with Crippen LogP contribution in [0.3, 0.4) is 0 Å². The summed E-state index contributed by atoms with van der Waals surface area (Å²) in [5, 5.41) is 6.34. The molecule has 0 aliphatic carbocycles. The van der Waals surface area contributed by atoms with Gasteiger partial charge in [0.05, 0.1) is 0 Å². The normalized spacial score (nSPS) is 7.57. The molecule has 7 heavy (non-hydrogen) atoms. The van der Waals surface area contributed by atoms with E-state index in [4.69, 9.17) is 0 Å². The van der Waals surface area contributed by atoms with Gasteiger partial charge >= 0.3 is 23.1 Å². The van der Waals surface area contributed by atoms with Crippen molar-refractivity contribution >= 4 is 39.0 Å². The summed E-state index contributed by atoms with van der Waals surface area (Å²) in [4.78, 5) is 0. The van der Waals surface area contributed by atoms with Crippen molar-refractivity contribution in [2.24, 2.45) is 0 Å². The van der Waals surface area contributed by atoms with E-state index >= 15 is 0 Å².